The van der Waals surface area contributed by atoms with Crippen molar-refractivity contribution < 1.29 is 21.8 Å². The summed E-state index contributed by atoms with van der Waals surface area (Å²) in [6.45, 7) is 6.93. The van der Waals surface area contributed by atoms with Crippen molar-refractivity contribution in [3.05, 3.63) is 63.2 Å². The van der Waals surface area contributed by atoms with E-state index < -0.39 is 0 Å². The van der Waals surface area contributed by atoms with Crippen LogP contribution in [-0.4, -0.2) is 18.0 Å². The van der Waals surface area contributed by atoms with E-state index in [1.807, 2.05) is 38.5 Å². The Kier molecular flexibility index (Phi) is 6.90. The molecule has 2 saturated carbocycles. The SMILES string of the molecule is C[C]1[CH][CH][CH][C]1C1=NC(C)(C)CO1.[CH]1[CH][CH][CH][CH]1.[Fe+2]. The van der Waals surface area contributed by atoms with Crippen LogP contribution in [0.15, 0.2) is 4.99 Å². The van der Waals surface area contributed by atoms with E-state index in [0.29, 0.717) is 6.61 Å². The Hall–Kier alpha value is -0.0105. The van der Waals surface area contributed by atoms with Crippen molar-refractivity contribution in [3.8, 4) is 0 Å². The maximum Gasteiger partial charge on any atom is 2.00 e. The molecule has 3 rings (SSSR count). The second-order valence-electron chi connectivity index (χ2n) is 5.10. The predicted octanol–water partition coefficient (Wildman–Crippen LogP) is 3.01. The number of hydrogen-bond acceptors (Lipinski definition) is 2. The Morgan fingerprint density at radius 3 is 1.95 bits per heavy atom. The van der Waals surface area contributed by atoms with Gasteiger partial charge in [0.1, 0.15) is 6.61 Å². The molecule has 3 aliphatic rings. The smallest absolute Gasteiger partial charge is 0.478 e. The van der Waals surface area contributed by atoms with E-state index in [1.165, 1.54) is 5.92 Å². The molecule has 10 radical (unpaired) electrons. The van der Waals surface area contributed by atoms with Crippen LogP contribution in [0.4, 0.5) is 0 Å². The van der Waals surface area contributed by atoms with Crippen molar-refractivity contribution in [1.82, 2.24) is 0 Å². The fourth-order valence-electron chi connectivity index (χ4n) is 1.79. The van der Waals surface area contributed by atoms with Gasteiger partial charge in [0.15, 0.2) is 5.90 Å². The number of hydrogen-bond donors (Lipinski definition) is 0. The predicted molar refractivity (Wildman–Crippen MR) is 74.0 cm³/mol. The van der Waals surface area contributed by atoms with Crippen LogP contribution in [0, 0.1) is 63.2 Å². The Balaban J connectivity index is 0.000000256. The Labute approximate surface area is 129 Å². The molecule has 0 amide bonds. The number of rotatable bonds is 1. The maximum atomic E-state index is 5.54. The minimum absolute atomic E-state index is 0. The van der Waals surface area contributed by atoms with E-state index >= 15 is 0 Å². The fourth-order valence-corrected chi connectivity index (χ4v) is 1.79. The summed E-state index contributed by atoms with van der Waals surface area (Å²) in [6.07, 6.45) is 16.2. The van der Waals surface area contributed by atoms with Gasteiger partial charge >= 0.3 is 17.1 Å². The zero-order valence-corrected chi connectivity index (χ0v) is 12.6. The van der Waals surface area contributed by atoms with Gasteiger partial charge in [0.2, 0.25) is 0 Å². The van der Waals surface area contributed by atoms with Crippen LogP contribution in [-0.2, 0) is 21.8 Å². The second-order valence-corrected chi connectivity index (χ2v) is 5.10. The molecule has 1 heterocycles. The molecule has 0 N–H and O–H groups in total. The van der Waals surface area contributed by atoms with Gasteiger partial charge < -0.3 is 4.74 Å². The zero-order chi connectivity index (χ0) is 13.0. The van der Waals surface area contributed by atoms with Crippen molar-refractivity contribution in [2.75, 3.05) is 6.61 Å². The van der Waals surface area contributed by atoms with Crippen LogP contribution >= 0.6 is 0 Å². The first kappa shape index (κ1) is 17.0. The normalized spacial score (nSPS) is 26.2. The number of ether oxygens (including phenoxy) is 1. The van der Waals surface area contributed by atoms with Gasteiger partial charge in [-0.3, -0.25) is 0 Å². The molecule has 0 bridgehead atoms. The molecular weight excluding hydrogens is 278 g/mol. The van der Waals surface area contributed by atoms with E-state index in [1.54, 1.807) is 0 Å². The van der Waals surface area contributed by atoms with Crippen molar-refractivity contribution in [3.63, 3.8) is 0 Å². The summed E-state index contributed by atoms with van der Waals surface area (Å²) >= 11 is 0. The molecule has 0 unspecified atom stereocenters. The van der Waals surface area contributed by atoms with E-state index in [0.717, 1.165) is 11.8 Å². The second kappa shape index (κ2) is 7.69. The van der Waals surface area contributed by atoms with E-state index in [2.05, 4.69) is 38.6 Å². The third kappa shape index (κ3) is 5.11. The molecule has 3 heteroatoms. The first-order chi connectivity index (χ1) is 8.58. The van der Waals surface area contributed by atoms with E-state index in [-0.39, 0.29) is 22.6 Å². The third-order valence-corrected chi connectivity index (χ3v) is 2.79. The average molecular weight is 297 g/mol. The summed E-state index contributed by atoms with van der Waals surface area (Å²) in [7, 11) is 0. The molecule has 1 aliphatic heterocycles. The summed E-state index contributed by atoms with van der Waals surface area (Å²) in [5.41, 5.74) is -0.0565. The molecular formula is C16H19FeNO+2. The standard InChI is InChI=1S/C11H14NO.C5H5.Fe/c1-8-5-4-6-9(8)10-12-11(2,3)7-13-10;1-2-4-5-3-1;/h4-6H,7H2,1-3H3;1-5H;/q;;+2. The molecule has 0 aromatic heterocycles. The molecule has 19 heavy (non-hydrogen) atoms. The van der Waals surface area contributed by atoms with E-state index in [9.17, 15) is 0 Å². The molecule has 0 atom stereocenters. The minimum Gasteiger partial charge on any atom is -0.478 e. The quantitative estimate of drug-likeness (QED) is 0.682. The summed E-state index contributed by atoms with van der Waals surface area (Å²) in [5, 5.41) is 0. The van der Waals surface area contributed by atoms with Gasteiger partial charge in [-0.05, 0) is 71.1 Å². The van der Waals surface area contributed by atoms with Crippen LogP contribution < -0.4 is 0 Å². The van der Waals surface area contributed by atoms with Crippen LogP contribution in [0.3, 0.4) is 0 Å². The first-order valence-electron chi connectivity index (χ1n) is 6.20. The molecule has 0 saturated heterocycles. The molecule has 0 spiro atoms. The van der Waals surface area contributed by atoms with Crippen LogP contribution in [0.5, 0.6) is 0 Å². The molecule has 2 nitrogen and oxygen atoms in total. The molecule has 0 aromatic carbocycles. The average Bonchev–Trinajstić information content (AvgIpc) is 3.00. The number of aliphatic imine (C=N–C) groups is 1. The summed E-state index contributed by atoms with van der Waals surface area (Å²) in [6, 6.07) is 0. The number of nitrogens with zero attached hydrogens (tertiary/aromatic N) is 1. The van der Waals surface area contributed by atoms with Crippen LogP contribution in [0.1, 0.15) is 20.8 Å². The van der Waals surface area contributed by atoms with Crippen molar-refractivity contribution in [2.24, 2.45) is 4.99 Å². The Bertz CT molecular complexity index is 290. The monoisotopic (exact) mass is 297 g/mol. The molecule has 0 aromatic rings. The zero-order valence-electron chi connectivity index (χ0n) is 11.5. The topological polar surface area (TPSA) is 21.6 Å². The third-order valence-electron chi connectivity index (χ3n) is 2.79. The maximum absolute atomic E-state index is 5.54. The molecule has 2 fully saturated rings. The van der Waals surface area contributed by atoms with Gasteiger partial charge in [0.05, 0.1) is 11.5 Å². The van der Waals surface area contributed by atoms with Gasteiger partial charge in [-0.15, -0.1) is 0 Å². The first-order valence-corrected chi connectivity index (χ1v) is 6.20. The summed E-state index contributed by atoms with van der Waals surface area (Å²) in [4.78, 5) is 4.52. The minimum atomic E-state index is -0.0565. The largest absolute Gasteiger partial charge is 2.00 e. The van der Waals surface area contributed by atoms with Crippen LogP contribution in [0.2, 0.25) is 0 Å². The summed E-state index contributed by atoms with van der Waals surface area (Å²) in [5.74, 6) is 3.16. The fraction of sp³-hybridized carbons (Fsp3) is 0.312. The van der Waals surface area contributed by atoms with Crippen molar-refractivity contribution in [2.45, 2.75) is 26.3 Å². The van der Waals surface area contributed by atoms with Gasteiger partial charge in [-0.25, -0.2) is 4.99 Å². The van der Waals surface area contributed by atoms with Gasteiger partial charge in [-0.1, -0.05) is 6.92 Å². The van der Waals surface area contributed by atoms with Gasteiger partial charge in [0, 0.05) is 0 Å². The Morgan fingerprint density at radius 1 is 1.00 bits per heavy atom. The van der Waals surface area contributed by atoms with Gasteiger partial charge in [-0.2, -0.15) is 0 Å². The molecule has 100 valence electrons. The summed E-state index contributed by atoms with van der Waals surface area (Å²) < 4.78 is 5.54. The van der Waals surface area contributed by atoms with Crippen molar-refractivity contribution in [1.29, 1.82) is 0 Å². The van der Waals surface area contributed by atoms with Crippen molar-refractivity contribution >= 4 is 5.90 Å². The van der Waals surface area contributed by atoms with Crippen LogP contribution in [0.25, 0.3) is 0 Å². The van der Waals surface area contributed by atoms with Gasteiger partial charge in [0.25, 0.3) is 0 Å². The molecule has 2 aliphatic carbocycles. The Morgan fingerprint density at radius 2 is 1.58 bits per heavy atom. The van der Waals surface area contributed by atoms with E-state index in [4.69, 9.17) is 4.74 Å².